The maximum absolute atomic E-state index is 11.5. The van der Waals surface area contributed by atoms with Crippen molar-refractivity contribution in [2.75, 3.05) is 6.54 Å². The number of piperidine rings is 1. The minimum absolute atomic E-state index is 0.0338. The molecular formula is C13H15Cl2NO2. The quantitative estimate of drug-likeness (QED) is 0.897. The SMILES string of the molecule is O=C(O)[C@@H](c1ccc(Cl)c(Cl)c1)[C@@H]1CCCCN1. The highest BCUT2D eigenvalue weighted by Gasteiger charge is 2.30. The summed E-state index contributed by atoms with van der Waals surface area (Å²) in [7, 11) is 0. The van der Waals surface area contributed by atoms with Crippen molar-refractivity contribution >= 4 is 29.2 Å². The summed E-state index contributed by atoms with van der Waals surface area (Å²) in [4.78, 5) is 11.5. The fraction of sp³-hybridized carbons (Fsp3) is 0.462. The van der Waals surface area contributed by atoms with E-state index in [1.165, 1.54) is 0 Å². The van der Waals surface area contributed by atoms with Gasteiger partial charge in [-0.1, -0.05) is 35.7 Å². The first-order valence-corrected chi connectivity index (χ1v) is 6.76. The van der Waals surface area contributed by atoms with Crippen LogP contribution in [0.4, 0.5) is 0 Å². The largest absolute Gasteiger partial charge is 0.481 e. The molecule has 1 aliphatic rings. The van der Waals surface area contributed by atoms with E-state index in [-0.39, 0.29) is 6.04 Å². The third-order valence-electron chi connectivity index (χ3n) is 3.32. The van der Waals surface area contributed by atoms with Crippen molar-refractivity contribution in [2.24, 2.45) is 0 Å². The van der Waals surface area contributed by atoms with Crippen LogP contribution in [0.1, 0.15) is 30.7 Å². The molecule has 0 aliphatic carbocycles. The molecule has 1 aliphatic heterocycles. The zero-order valence-electron chi connectivity index (χ0n) is 9.83. The van der Waals surface area contributed by atoms with Crippen molar-refractivity contribution in [3.05, 3.63) is 33.8 Å². The molecule has 18 heavy (non-hydrogen) atoms. The Balaban J connectivity index is 2.28. The van der Waals surface area contributed by atoms with Crippen LogP contribution in [-0.4, -0.2) is 23.7 Å². The molecule has 0 radical (unpaired) electrons. The molecule has 1 aromatic carbocycles. The van der Waals surface area contributed by atoms with E-state index < -0.39 is 11.9 Å². The van der Waals surface area contributed by atoms with Crippen LogP contribution in [0.3, 0.4) is 0 Å². The molecule has 0 aromatic heterocycles. The van der Waals surface area contributed by atoms with E-state index in [2.05, 4.69) is 5.32 Å². The maximum Gasteiger partial charge on any atom is 0.312 e. The molecule has 2 rings (SSSR count). The fourth-order valence-corrected chi connectivity index (χ4v) is 2.72. The Morgan fingerprint density at radius 1 is 1.33 bits per heavy atom. The van der Waals surface area contributed by atoms with Crippen molar-refractivity contribution in [3.8, 4) is 0 Å². The lowest BCUT2D eigenvalue weighted by molar-refractivity contribution is -0.139. The minimum Gasteiger partial charge on any atom is -0.481 e. The molecule has 0 bridgehead atoms. The third kappa shape index (κ3) is 2.97. The second-order valence-electron chi connectivity index (χ2n) is 4.55. The van der Waals surface area contributed by atoms with Gasteiger partial charge in [0.05, 0.1) is 16.0 Å². The van der Waals surface area contributed by atoms with Crippen LogP contribution >= 0.6 is 23.2 Å². The second-order valence-corrected chi connectivity index (χ2v) is 5.36. The van der Waals surface area contributed by atoms with Crippen molar-refractivity contribution < 1.29 is 9.90 Å². The number of carboxylic acid groups (broad SMARTS) is 1. The molecule has 1 heterocycles. The van der Waals surface area contributed by atoms with Crippen molar-refractivity contribution in [2.45, 2.75) is 31.2 Å². The third-order valence-corrected chi connectivity index (χ3v) is 4.06. The van der Waals surface area contributed by atoms with Crippen LogP contribution in [0.5, 0.6) is 0 Å². The van der Waals surface area contributed by atoms with Gasteiger partial charge in [-0.15, -0.1) is 0 Å². The topological polar surface area (TPSA) is 49.3 Å². The monoisotopic (exact) mass is 287 g/mol. The van der Waals surface area contributed by atoms with Gasteiger partial charge in [0.1, 0.15) is 0 Å². The average molecular weight is 288 g/mol. The zero-order valence-corrected chi connectivity index (χ0v) is 11.3. The van der Waals surface area contributed by atoms with E-state index in [0.717, 1.165) is 25.8 Å². The van der Waals surface area contributed by atoms with Gasteiger partial charge >= 0.3 is 5.97 Å². The van der Waals surface area contributed by atoms with Gasteiger partial charge in [0.15, 0.2) is 0 Å². The highest BCUT2D eigenvalue weighted by atomic mass is 35.5. The summed E-state index contributed by atoms with van der Waals surface area (Å²) in [5.41, 5.74) is 0.705. The van der Waals surface area contributed by atoms with Crippen LogP contribution in [0.15, 0.2) is 18.2 Å². The van der Waals surface area contributed by atoms with E-state index in [9.17, 15) is 9.90 Å². The van der Waals surface area contributed by atoms with Gasteiger partial charge in [0, 0.05) is 6.04 Å². The lowest BCUT2D eigenvalue weighted by atomic mass is 9.86. The minimum atomic E-state index is -0.826. The number of carbonyl (C=O) groups is 1. The van der Waals surface area contributed by atoms with Gasteiger partial charge in [-0.3, -0.25) is 4.79 Å². The van der Waals surface area contributed by atoms with Gasteiger partial charge in [-0.25, -0.2) is 0 Å². The Hall–Kier alpha value is -0.770. The average Bonchev–Trinajstić information content (AvgIpc) is 2.35. The summed E-state index contributed by atoms with van der Waals surface area (Å²) in [6.45, 7) is 0.871. The Morgan fingerprint density at radius 2 is 2.11 bits per heavy atom. The predicted octanol–water partition coefficient (Wildman–Crippen LogP) is 3.30. The first-order chi connectivity index (χ1) is 8.59. The number of benzene rings is 1. The Bertz CT molecular complexity index is 445. The van der Waals surface area contributed by atoms with E-state index in [4.69, 9.17) is 23.2 Å². The molecule has 1 aromatic rings. The van der Waals surface area contributed by atoms with E-state index >= 15 is 0 Å². The van der Waals surface area contributed by atoms with E-state index in [0.29, 0.717) is 15.6 Å². The number of carboxylic acids is 1. The summed E-state index contributed by atoms with van der Waals surface area (Å²) in [5.74, 6) is -1.40. The van der Waals surface area contributed by atoms with Crippen molar-refractivity contribution in [1.82, 2.24) is 5.32 Å². The van der Waals surface area contributed by atoms with E-state index in [1.807, 2.05) is 0 Å². The first kappa shape index (κ1) is 13.7. The molecule has 2 atom stereocenters. The number of halogens is 2. The predicted molar refractivity (Wildman–Crippen MR) is 72.5 cm³/mol. The highest BCUT2D eigenvalue weighted by Crippen LogP contribution is 2.30. The number of aliphatic carboxylic acids is 1. The second kappa shape index (κ2) is 5.91. The van der Waals surface area contributed by atoms with Gasteiger partial charge < -0.3 is 10.4 Å². The molecule has 0 unspecified atom stereocenters. The molecule has 1 fully saturated rings. The molecule has 98 valence electrons. The molecule has 0 spiro atoms. The van der Waals surface area contributed by atoms with Crippen LogP contribution < -0.4 is 5.32 Å². The molecule has 5 heteroatoms. The number of hydrogen-bond acceptors (Lipinski definition) is 2. The Kier molecular flexibility index (Phi) is 4.49. The van der Waals surface area contributed by atoms with Gasteiger partial charge in [-0.2, -0.15) is 0 Å². The number of rotatable bonds is 3. The van der Waals surface area contributed by atoms with Crippen LogP contribution in [0, 0.1) is 0 Å². The zero-order chi connectivity index (χ0) is 13.1. The van der Waals surface area contributed by atoms with Gasteiger partial charge in [-0.05, 0) is 37.1 Å². The molecule has 0 amide bonds. The summed E-state index contributed by atoms with van der Waals surface area (Å²) < 4.78 is 0. The lowest BCUT2D eigenvalue weighted by Gasteiger charge is -2.29. The smallest absolute Gasteiger partial charge is 0.312 e. The first-order valence-electron chi connectivity index (χ1n) is 6.00. The van der Waals surface area contributed by atoms with Crippen molar-refractivity contribution in [1.29, 1.82) is 0 Å². The molecular weight excluding hydrogens is 273 g/mol. The molecule has 2 N–H and O–H groups in total. The number of nitrogens with one attached hydrogen (secondary N) is 1. The van der Waals surface area contributed by atoms with Crippen molar-refractivity contribution in [3.63, 3.8) is 0 Å². The molecule has 3 nitrogen and oxygen atoms in total. The van der Waals surface area contributed by atoms with Crippen LogP contribution in [0.2, 0.25) is 10.0 Å². The highest BCUT2D eigenvalue weighted by molar-refractivity contribution is 6.42. The van der Waals surface area contributed by atoms with Gasteiger partial charge in [0.2, 0.25) is 0 Å². The summed E-state index contributed by atoms with van der Waals surface area (Å²) >= 11 is 11.8. The fourth-order valence-electron chi connectivity index (χ4n) is 2.42. The standard InChI is InChI=1S/C13H15Cl2NO2/c14-9-5-4-8(7-10(9)15)12(13(17)18)11-3-1-2-6-16-11/h4-5,7,11-12,16H,1-3,6H2,(H,17,18)/t11-,12-/m0/s1. The molecule has 1 saturated heterocycles. The summed E-state index contributed by atoms with van der Waals surface area (Å²) in [5, 5.41) is 13.5. The summed E-state index contributed by atoms with van der Waals surface area (Å²) in [6.07, 6.45) is 3.03. The van der Waals surface area contributed by atoms with E-state index in [1.54, 1.807) is 18.2 Å². The normalized spacial score (nSPS) is 21.6. The Morgan fingerprint density at radius 3 is 2.67 bits per heavy atom. The number of hydrogen-bond donors (Lipinski definition) is 2. The van der Waals surface area contributed by atoms with Gasteiger partial charge in [0.25, 0.3) is 0 Å². The van der Waals surface area contributed by atoms with Crippen LogP contribution in [0.25, 0.3) is 0 Å². The maximum atomic E-state index is 11.5. The summed E-state index contributed by atoms with van der Waals surface area (Å²) in [6, 6.07) is 5.01. The molecule has 0 saturated carbocycles. The van der Waals surface area contributed by atoms with Crippen LogP contribution in [-0.2, 0) is 4.79 Å². The Labute approximate surface area is 116 Å². The lowest BCUT2D eigenvalue weighted by Crippen LogP contribution is -2.41.